The first-order valence-corrected chi connectivity index (χ1v) is 5.19. The van der Waals surface area contributed by atoms with Crippen LogP contribution in [-0.2, 0) is 9.59 Å². The second-order valence-electron chi connectivity index (χ2n) is 3.73. The summed E-state index contributed by atoms with van der Waals surface area (Å²) in [7, 11) is 0. The Labute approximate surface area is 99.1 Å². The van der Waals surface area contributed by atoms with Gasteiger partial charge >= 0.3 is 11.8 Å². The van der Waals surface area contributed by atoms with Gasteiger partial charge in [0.1, 0.15) is 5.82 Å². The highest BCUT2D eigenvalue weighted by Crippen LogP contribution is 2.04. The number of aryl methyl sites for hydroxylation is 1. The van der Waals surface area contributed by atoms with Crippen LogP contribution in [0.25, 0.3) is 0 Å². The second kappa shape index (κ2) is 5.95. The number of aliphatic hydroxyl groups is 1. The molecule has 6 heteroatoms. The van der Waals surface area contributed by atoms with Crippen molar-refractivity contribution in [1.82, 2.24) is 10.3 Å². The fourth-order valence-electron chi connectivity index (χ4n) is 1.10. The summed E-state index contributed by atoms with van der Waals surface area (Å²) in [5.41, 5.74) is 0.930. The molecule has 92 valence electrons. The molecule has 0 aromatic carbocycles. The molecule has 1 unspecified atom stereocenters. The number of aromatic nitrogens is 1. The molecule has 0 saturated heterocycles. The first-order valence-electron chi connectivity index (χ1n) is 5.19. The van der Waals surface area contributed by atoms with Gasteiger partial charge in [0, 0.05) is 12.7 Å². The third-order valence-corrected chi connectivity index (χ3v) is 1.92. The normalized spacial score (nSPS) is 11.7. The average Bonchev–Trinajstić information content (AvgIpc) is 2.25. The number of rotatable bonds is 3. The zero-order valence-electron chi connectivity index (χ0n) is 9.73. The van der Waals surface area contributed by atoms with Gasteiger partial charge in [0.2, 0.25) is 0 Å². The lowest BCUT2D eigenvalue weighted by Crippen LogP contribution is -2.38. The summed E-state index contributed by atoms with van der Waals surface area (Å²) in [6.07, 6.45) is 0.849. The molecule has 17 heavy (non-hydrogen) atoms. The molecule has 6 nitrogen and oxygen atoms in total. The molecular formula is C11H15N3O3. The van der Waals surface area contributed by atoms with Crippen molar-refractivity contribution in [3.8, 4) is 0 Å². The number of pyridine rings is 1. The fourth-order valence-corrected chi connectivity index (χ4v) is 1.10. The van der Waals surface area contributed by atoms with Crippen molar-refractivity contribution in [2.45, 2.75) is 20.0 Å². The Kier molecular flexibility index (Phi) is 4.59. The predicted octanol–water partition coefficient (Wildman–Crippen LogP) is -0.174. The minimum Gasteiger partial charge on any atom is -0.392 e. The SMILES string of the molecule is Cc1ccnc(NC(=O)C(=O)NCC(C)O)c1. The largest absolute Gasteiger partial charge is 0.392 e. The van der Waals surface area contributed by atoms with Crippen molar-refractivity contribution in [3.05, 3.63) is 23.9 Å². The van der Waals surface area contributed by atoms with Crippen molar-refractivity contribution < 1.29 is 14.7 Å². The molecule has 0 spiro atoms. The van der Waals surface area contributed by atoms with Gasteiger partial charge in [-0.05, 0) is 31.5 Å². The summed E-state index contributed by atoms with van der Waals surface area (Å²) in [6, 6.07) is 3.43. The number of nitrogens with one attached hydrogen (secondary N) is 2. The molecule has 0 aliphatic carbocycles. The Hall–Kier alpha value is -1.95. The van der Waals surface area contributed by atoms with Crippen LogP contribution in [0.3, 0.4) is 0 Å². The van der Waals surface area contributed by atoms with Gasteiger partial charge in [-0.15, -0.1) is 0 Å². The highest BCUT2D eigenvalue weighted by Gasteiger charge is 2.14. The summed E-state index contributed by atoms with van der Waals surface area (Å²) in [5, 5.41) is 13.6. The first kappa shape index (κ1) is 13.1. The molecule has 0 aliphatic rings. The molecule has 0 radical (unpaired) electrons. The van der Waals surface area contributed by atoms with Crippen LogP contribution in [0, 0.1) is 6.92 Å². The van der Waals surface area contributed by atoms with E-state index in [4.69, 9.17) is 5.11 Å². The number of nitrogens with zero attached hydrogens (tertiary/aromatic N) is 1. The first-order chi connectivity index (χ1) is 7.99. The summed E-state index contributed by atoms with van der Waals surface area (Å²) in [4.78, 5) is 26.6. The summed E-state index contributed by atoms with van der Waals surface area (Å²) >= 11 is 0. The molecule has 1 aromatic heterocycles. The van der Waals surface area contributed by atoms with Gasteiger partial charge in [-0.3, -0.25) is 9.59 Å². The third kappa shape index (κ3) is 4.60. The van der Waals surface area contributed by atoms with E-state index >= 15 is 0 Å². The molecule has 3 N–H and O–H groups in total. The van der Waals surface area contributed by atoms with Gasteiger partial charge in [0.05, 0.1) is 6.10 Å². The molecule has 0 saturated carbocycles. The van der Waals surface area contributed by atoms with Gasteiger partial charge in [-0.2, -0.15) is 0 Å². The molecular weight excluding hydrogens is 222 g/mol. The Bertz CT molecular complexity index is 418. The lowest BCUT2D eigenvalue weighted by atomic mass is 10.3. The summed E-state index contributed by atoms with van der Waals surface area (Å²) in [5.74, 6) is -1.28. The van der Waals surface area contributed by atoms with E-state index in [0.29, 0.717) is 5.82 Å². The highest BCUT2D eigenvalue weighted by atomic mass is 16.3. The van der Waals surface area contributed by atoms with Crippen LogP contribution in [0.5, 0.6) is 0 Å². The topological polar surface area (TPSA) is 91.3 Å². The van der Waals surface area contributed by atoms with E-state index in [1.54, 1.807) is 18.3 Å². The molecule has 0 bridgehead atoms. The maximum absolute atomic E-state index is 11.4. The number of amides is 2. The lowest BCUT2D eigenvalue weighted by molar-refractivity contribution is -0.136. The van der Waals surface area contributed by atoms with E-state index in [9.17, 15) is 9.59 Å². The second-order valence-corrected chi connectivity index (χ2v) is 3.73. The smallest absolute Gasteiger partial charge is 0.314 e. The maximum Gasteiger partial charge on any atom is 0.314 e. The van der Waals surface area contributed by atoms with Gasteiger partial charge in [-0.25, -0.2) is 4.98 Å². The zero-order valence-corrected chi connectivity index (χ0v) is 9.73. The van der Waals surface area contributed by atoms with Crippen LogP contribution in [0.1, 0.15) is 12.5 Å². The summed E-state index contributed by atoms with van der Waals surface area (Å²) in [6.45, 7) is 3.40. The molecule has 1 aromatic rings. The van der Waals surface area contributed by atoms with E-state index < -0.39 is 17.9 Å². The monoisotopic (exact) mass is 237 g/mol. The number of hydrogen-bond acceptors (Lipinski definition) is 4. The zero-order chi connectivity index (χ0) is 12.8. The maximum atomic E-state index is 11.4. The highest BCUT2D eigenvalue weighted by molar-refractivity contribution is 6.39. The van der Waals surface area contributed by atoms with Crippen molar-refractivity contribution in [2.75, 3.05) is 11.9 Å². The summed E-state index contributed by atoms with van der Waals surface area (Å²) < 4.78 is 0. The van der Waals surface area contributed by atoms with E-state index in [-0.39, 0.29) is 6.54 Å². The van der Waals surface area contributed by atoms with Crippen molar-refractivity contribution in [2.24, 2.45) is 0 Å². The van der Waals surface area contributed by atoms with Crippen molar-refractivity contribution >= 4 is 17.6 Å². The number of aliphatic hydroxyl groups excluding tert-OH is 1. The van der Waals surface area contributed by atoms with E-state index in [1.165, 1.54) is 6.92 Å². The third-order valence-electron chi connectivity index (χ3n) is 1.92. The van der Waals surface area contributed by atoms with Gasteiger partial charge in [-0.1, -0.05) is 0 Å². The van der Waals surface area contributed by atoms with E-state index in [0.717, 1.165) is 5.56 Å². The fraction of sp³-hybridized carbons (Fsp3) is 0.364. The minimum absolute atomic E-state index is 0.0352. The standard InChI is InChI=1S/C11H15N3O3/c1-7-3-4-12-9(5-7)14-11(17)10(16)13-6-8(2)15/h3-5,8,15H,6H2,1-2H3,(H,13,16)(H,12,14,17). The number of carbonyl (C=O) groups is 2. The van der Waals surface area contributed by atoms with Gasteiger partial charge < -0.3 is 15.7 Å². The van der Waals surface area contributed by atoms with Crippen LogP contribution in [-0.4, -0.2) is 34.6 Å². The molecule has 0 fully saturated rings. The number of carbonyl (C=O) groups excluding carboxylic acids is 2. The lowest BCUT2D eigenvalue weighted by Gasteiger charge is -2.07. The Morgan fingerprint density at radius 1 is 1.47 bits per heavy atom. The van der Waals surface area contributed by atoms with Crippen LogP contribution in [0.2, 0.25) is 0 Å². The molecule has 1 heterocycles. The molecule has 1 rings (SSSR count). The van der Waals surface area contributed by atoms with Crippen LogP contribution < -0.4 is 10.6 Å². The Morgan fingerprint density at radius 2 is 2.18 bits per heavy atom. The molecule has 0 aliphatic heterocycles. The number of anilines is 1. The Morgan fingerprint density at radius 3 is 2.76 bits per heavy atom. The van der Waals surface area contributed by atoms with Crippen LogP contribution in [0.15, 0.2) is 18.3 Å². The van der Waals surface area contributed by atoms with Gasteiger partial charge in [0.15, 0.2) is 0 Å². The quantitative estimate of drug-likeness (QED) is 0.636. The number of hydrogen-bond donors (Lipinski definition) is 3. The van der Waals surface area contributed by atoms with Crippen LogP contribution >= 0.6 is 0 Å². The van der Waals surface area contributed by atoms with E-state index in [2.05, 4.69) is 15.6 Å². The predicted molar refractivity (Wildman–Crippen MR) is 62.3 cm³/mol. The van der Waals surface area contributed by atoms with E-state index in [1.807, 2.05) is 6.92 Å². The van der Waals surface area contributed by atoms with Crippen molar-refractivity contribution in [1.29, 1.82) is 0 Å². The minimum atomic E-state index is -0.802. The van der Waals surface area contributed by atoms with Crippen molar-refractivity contribution in [3.63, 3.8) is 0 Å². The average molecular weight is 237 g/mol. The van der Waals surface area contributed by atoms with Crippen LogP contribution in [0.4, 0.5) is 5.82 Å². The Balaban J connectivity index is 2.51. The van der Waals surface area contributed by atoms with Gasteiger partial charge in [0.25, 0.3) is 0 Å². The molecule has 2 amide bonds. The molecule has 1 atom stereocenters.